The van der Waals surface area contributed by atoms with Gasteiger partial charge in [-0.25, -0.2) is 4.98 Å². The van der Waals surface area contributed by atoms with Crippen LogP contribution in [0.15, 0.2) is 82.4 Å². The number of thiazole rings is 1. The molecule has 2 aromatic heterocycles. The van der Waals surface area contributed by atoms with Gasteiger partial charge in [0.15, 0.2) is 5.13 Å². The molecule has 0 radical (unpaired) electrons. The maximum absolute atomic E-state index is 13.5. The second-order valence-electron chi connectivity index (χ2n) is 8.77. The lowest BCUT2D eigenvalue weighted by Crippen LogP contribution is -2.24. The van der Waals surface area contributed by atoms with Crippen LogP contribution in [0.2, 0.25) is 0 Å². The summed E-state index contributed by atoms with van der Waals surface area (Å²) < 4.78 is 0. The van der Waals surface area contributed by atoms with Crippen molar-refractivity contribution < 1.29 is 9.59 Å². The monoisotopic (exact) mass is 533 g/mol. The summed E-state index contributed by atoms with van der Waals surface area (Å²) in [6.45, 7) is 0. The number of anilines is 2. The highest BCUT2D eigenvalue weighted by atomic mass is 32.2. The first-order valence-electron chi connectivity index (χ1n) is 12.1. The van der Waals surface area contributed by atoms with Crippen molar-refractivity contribution in [1.29, 1.82) is 0 Å². The van der Waals surface area contributed by atoms with E-state index in [0.717, 1.165) is 52.4 Å². The summed E-state index contributed by atoms with van der Waals surface area (Å²) in [6, 6.07) is 21.5. The molecule has 0 spiro atoms. The van der Waals surface area contributed by atoms with E-state index in [1.807, 2.05) is 77.5 Å². The highest BCUT2D eigenvalue weighted by molar-refractivity contribution is 8.00. The molecule has 184 valence electrons. The predicted octanol–water partition coefficient (Wildman–Crippen LogP) is 7.86. The van der Waals surface area contributed by atoms with Crippen LogP contribution in [0.4, 0.5) is 10.8 Å². The molecule has 2 amide bonds. The summed E-state index contributed by atoms with van der Waals surface area (Å²) in [6.07, 6.45) is 5.38. The lowest BCUT2D eigenvalue weighted by atomic mass is 9.88. The Morgan fingerprint density at radius 1 is 0.917 bits per heavy atom. The minimum atomic E-state index is -0.468. The number of thiophene rings is 1. The van der Waals surface area contributed by atoms with Crippen LogP contribution in [-0.2, 0) is 9.59 Å². The van der Waals surface area contributed by atoms with Crippen molar-refractivity contribution in [2.45, 2.75) is 42.2 Å². The molecule has 0 saturated heterocycles. The SMILES string of the molecule is O=C(Nc1cccc(SC(C(=O)Nc2nc(-c3cccs3)cs2)c2ccccc2)c1)C1CCCCC1. The third-order valence-corrected chi connectivity index (χ3v) is 9.08. The summed E-state index contributed by atoms with van der Waals surface area (Å²) in [5, 5.41) is 10.2. The fraction of sp³-hybridized carbons (Fsp3) is 0.250. The number of thioether (sulfide) groups is 1. The number of aromatic nitrogens is 1. The summed E-state index contributed by atoms with van der Waals surface area (Å²) in [7, 11) is 0. The Morgan fingerprint density at radius 2 is 1.75 bits per heavy atom. The van der Waals surface area contributed by atoms with Crippen molar-refractivity contribution >= 4 is 57.1 Å². The van der Waals surface area contributed by atoms with Gasteiger partial charge in [0, 0.05) is 21.9 Å². The lowest BCUT2D eigenvalue weighted by Gasteiger charge is -2.21. The number of carbonyl (C=O) groups excluding carboxylic acids is 2. The van der Waals surface area contributed by atoms with Crippen LogP contribution in [0.5, 0.6) is 0 Å². The number of benzene rings is 2. The van der Waals surface area contributed by atoms with Crippen LogP contribution >= 0.6 is 34.4 Å². The zero-order chi connectivity index (χ0) is 24.7. The number of carbonyl (C=O) groups is 2. The van der Waals surface area contributed by atoms with Gasteiger partial charge in [-0.2, -0.15) is 0 Å². The number of nitrogens with zero attached hydrogens (tertiary/aromatic N) is 1. The first kappa shape index (κ1) is 24.7. The van der Waals surface area contributed by atoms with Gasteiger partial charge >= 0.3 is 0 Å². The third kappa shape index (κ3) is 6.24. The van der Waals surface area contributed by atoms with Crippen molar-refractivity contribution in [2.75, 3.05) is 10.6 Å². The minimum absolute atomic E-state index is 0.0928. The first-order chi connectivity index (χ1) is 17.7. The Kier molecular flexibility index (Phi) is 8.15. The number of hydrogen-bond acceptors (Lipinski definition) is 6. The number of rotatable bonds is 8. The van der Waals surface area contributed by atoms with Crippen LogP contribution in [0, 0.1) is 5.92 Å². The number of hydrogen-bond donors (Lipinski definition) is 2. The molecular formula is C28H27N3O2S3. The van der Waals surface area contributed by atoms with E-state index in [-0.39, 0.29) is 17.7 Å². The second-order valence-corrected chi connectivity index (χ2v) is 11.7. The van der Waals surface area contributed by atoms with Gasteiger partial charge in [-0.1, -0.05) is 61.7 Å². The van der Waals surface area contributed by atoms with Gasteiger partial charge in [0.1, 0.15) is 5.25 Å². The van der Waals surface area contributed by atoms with E-state index >= 15 is 0 Å². The van der Waals surface area contributed by atoms with Crippen LogP contribution in [0.3, 0.4) is 0 Å². The Balaban J connectivity index is 1.31. The normalized spacial score (nSPS) is 14.8. The van der Waals surface area contributed by atoms with Gasteiger partial charge in [0.2, 0.25) is 11.8 Å². The molecule has 2 aromatic carbocycles. The molecule has 1 atom stereocenters. The maximum Gasteiger partial charge on any atom is 0.244 e. The van der Waals surface area contributed by atoms with Crippen LogP contribution in [0.1, 0.15) is 42.9 Å². The minimum Gasteiger partial charge on any atom is -0.326 e. The van der Waals surface area contributed by atoms with E-state index < -0.39 is 5.25 Å². The van der Waals surface area contributed by atoms with E-state index in [1.54, 1.807) is 11.3 Å². The average molecular weight is 534 g/mol. The molecule has 4 aromatic rings. The summed E-state index contributed by atoms with van der Waals surface area (Å²) in [5.41, 5.74) is 2.55. The van der Waals surface area contributed by atoms with Crippen molar-refractivity contribution in [3.63, 3.8) is 0 Å². The number of nitrogens with one attached hydrogen (secondary N) is 2. The lowest BCUT2D eigenvalue weighted by molar-refractivity contribution is -0.120. The van der Waals surface area contributed by atoms with E-state index in [2.05, 4.69) is 15.6 Å². The van der Waals surface area contributed by atoms with Gasteiger partial charge in [0.25, 0.3) is 0 Å². The van der Waals surface area contributed by atoms with Crippen molar-refractivity contribution in [3.8, 4) is 10.6 Å². The molecule has 2 N–H and O–H groups in total. The second kappa shape index (κ2) is 11.9. The molecular weight excluding hydrogens is 507 g/mol. The molecule has 8 heteroatoms. The Labute approximate surface area is 223 Å². The molecule has 1 aliphatic carbocycles. The van der Waals surface area contributed by atoms with Crippen molar-refractivity contribution in [3.05, 3.63) is 83.1 Å². The van der Waals surface area contributed by atoms with Crippen LogP contribution in [-0.4, -0.2) is 16.8 Å². The zero-order valence-electron chi connectivity index (χ0n) is 19.7. The predicted molar refractivity (Wildman–Crippen MR) is 151 cm³/mol. The Hall–Kier alpha value is -2.94. The molecule has 1 unspecified atom stereocenters. The summed E-state index contributed by atoms with van der Waals surface area (Å²) in [5.74, 6) is 0.0599. The van der Waals surface area contributed by atoms with E-state index in [4.69, 9.17) is 0 Å². The van der Waals surface area contributed by atoms with E-state index in [9.17, 15) is 9.59 Å². The van der Waals surface area contributed by atoms with Gasteiger partial charge < -0.3 is 10.6 Å². The van der Waals surface area contributed by atoms with Crippen LogP contribution < -0.4 is 10.6 Å². The van der Waals surface area contributed by atoms with Gasteiger partial charge in [0.05, 0.1) is 10.6 Å². The van der Waals surface area contributed by atoms with Gasteiger partial charge in [-0.3, -0.25) is 9.59 Å². The highest BCUT2D eigenvalue weighted by Gasteiger charge is 2.24. The van der Waals surface area contributed by atoms with Gasteiger partial charge in [-0.15, -0.1) is 34.4 Å². The molecule has 1 aliphatic rings. The largest absolute Gasteiger partial charge is 0.326 e. The molecule has 1 saturated carbocycles. The van der Waals surface area contributed by atoms with E-state index in [0.29, 0.717) is 5.13 Å². The highest BCUT2D eigenvalue weighted by Crippen LogP contribution is 2.38. The molecule has 5 rings (SSSR count). The van der Waals surface area contributed by atoms with Gasteiger partial charge in [-0.05, 0) is 48.1 Å². The molecule has 2 heterocycles. The topological polar surface area (TPSA) is 71.1 Å². The molecule has 36 heavy (non-hydrogen) atoms. The molecule has 0 bridgehead atoms. The Bertz CT molecular complexity index is 1300. The average Bonchev–Trinajstić information content (AvgIpc) is 3.61. The summed E-state index contributed by atoms with van der Waals surface area (Å²) in [4.78, 5) is 32.8. The number of amides is 2. The third-order valence-electron chi connectivity index (χ3n) is 6.18. The molecule has 0 aliphatic heterocycles. The fourth-order valence-electron chi connectivity index (χ4n) is 4.33. The standard InChI is InChI=1S/C28H27N3O2S3/c32-26(20-11-5-2-6-12-20)29-21-13-7-14-22(17-21)36-25(19-9-3-1-4-10-19)27(33)31-28-30-23(18-35-28)24-15-8-16-34-24/h1,3-4,7-10,13-18,20,25H,2,5-6,11-12H2,(H,29,32)(H,30,31,33). The molecule has 5 nitrogen and oxygen atoms in total. The Morgan fingerprint density at radius 3 is 2.53 bits per heavy atom. The van der Waals surface area contributed by atoms with Crippen molar-refractivity contribution in [2.24, 2.45) is 5.92 Å². The fourth-order valence-corrected chi connectivity index (χ4v) is 6.89. The smallest absolute Gasteiger partial charge is 0.244 e. The maximum atomic E-state index is 13.5. The van der Waals surface area contributed by atoms with Crippen molar-refractivity contribution in [1.82, 2.24) is 4.98 Å². The summed E-state index contributed by atoms with van der Waals surface area (Å²) >= 11 is 4.52. The zero-order valence-corrected chi connectivity index (χ0v) is 22.1. The quantitative estimate of drug-likeness (QED) is 0.226. The van der Waals surface area contributed by atoms with Crippen LogP contribution in [0.25, 0.3) is 10.6 Å². The first-order valence-corrected chi connectivity index (χ1v) is 14.7. The molecule has 1 fully saturated rings. The van der Waals surface area contributed by atoms with E-state index in [1.165, 1.54) is 29.5 Å².